The van der Waals surface area contributed by atoms with Crippen LogP contribution < -0.4 is 4.90 Å². The molecule has 3 heterocycles. The maximum atomic E-state index is 12.2. The first-order valence-electron chi connectivity index (χ1n) is 7.20. The summed E-state index contributed by atoms with van der Waals surface area (Å²) in [6.07, 6.45) is 1.82. The molecule has 0 radical (unpaired) electrons. The highest BCUT2D eigenvalue weighted by molar-refractivity contribution is 7.14. The zero-order valence-electron chi connectivity index (χ0n) is 12.2. The molecule has 1 aliphatic rings. The number of hydrogen-bond acceptors (Lipinski definition) is 5. The van der Waals surface area contributed by atoms with Crippen molar-refractivity contribution in [2.24, 2.45) is 0 Å². The summed E-state index contributed by atoms with van der Waals surface area (Å²) in [4.78, 5) is 23.2. The van der Waals surface area contributed by atoms with Crippen molar-refractivity contribution in [3.8, 4) is 0 Å². The van der Waals surface area contributed by atoms with Gasteiger partial charge in [-0.15, -0.1) is 11.3 Å². The van der Waals surface area contributed by atoms with Crippen LogP contribution in [0.1, 0.15) is 14.5 Å². The molecule has 0 unspecified atom stereocenters. The largest absolute Gasteiger partial charge is 0.354 e. The van der Waals surface area contributed by atoms with Crippen LogP contribution in [0, 0.1) is 6.92 Å². The lowest BCUT2D eigenvalue weighted by Crippen LogP contribution is -2.48. The fourth-order valence-electron chi connectivity index (χ4n) is 2.54. The molecule has 0 aromatic carbocycles. The van der Waals surface area contributed by atoms with Crippen molar-refractivity contribution in [1.29, 1.82) is 0 Å². The molecule has 1 fully saturated rings. The average Bonchev–Trinajstić information content (AvgIpc) is 2.96. The number of pyridine rings is 1. The third-order valence-electron chi connectivity index (χ3n) is 3.73. The zero-order chi connectivity index (χ0) is 14.7. The lowest BCUT2D eigenvalue weighted by molar-refractivity contribution is 0.0930. The molecule has 0 atom stereocenters. The second-order valence-electron chi connectivity index (χ2n) is 5.28. The predicted molar refractivity (Wildman–Crippen MR) is 86.3 cm³/mol. The summed E-state index contributed by atoms with van der Waals surface area (Å²) in [6, 6.07) is 9.93. The Labute approximate surface area is 129 Å². The quantitative estimate of drug-likeness (QED) is 0.813. The van der Waals surface area contributed by atoms with Gasteiger partial charge in [-0.1, -0.05) is 6.07 Å². The topological polar surface area (TPSA) is 36.4 Å². The van der Waals surface area contributed by atoms with Gasteiger partial charge < -0.3 is 4.90 Å². The van der Waals surface area contributed by atoms with E-state index in [1.807, 2.05) is 43.5 Å². The summed E-state index contributed by atoms with van der Waals surface area (Å²) in [5, 5.41) is 0. The third kappa shape index (κ3) is 3.49. The van der Waals surface area contributed by atoms with E-state index in [1.165, 1.54) is 4.88 Å². The summed E-state index contributed by atoms with van der Waals surface area (Å²) in [5.41, 5.74) is 0. The van der Waals surface area contributed by atoms with Crippen molar-refractivity contribution in [2.75, 3.05) is 37.6 Å². The predicted octanol–water partition coefficient (Wildman–Crippen LogP) is 2.46. The Morgan fingerprint density at radius 1 is 1.19 bits per heavy atom. The van der Waals surface area contributed by atoms with Crippen LogP contribution in [0.3, 0.4) is 0 Å². The number of aromatic nitrogens is 1. The van der Waals surface area contributed by atoms with E-state index >= 15 is 0 Å². The number of rotatable bonds is 4. The molecular weight excluding hydrogens is 282 g/mol. The van der Waals surface area contributed by atoms with Gasteiger partial charge in [-0.05, 0) is 31.2 Å². The Balaban J connectivity index is 1.53. The lowest BCUT2D eigenvalue weighted by atomic mass is 10.2. The molecule has 4 nitrogen and oxygen atoms in total. The van der Waals surface area contributed by atoms with Gasteiger partial charge in [0.25, 0.3) is 0 Å². The first-order chi connectivity index (χ1) is 10.2. The van der Waals surface area contributed by atoms with Crippen molar-refractivity contribution in [1.82, 2.24) is 9.88 Å². The molecular formula is C16H19N3OS. The van der Waals surface area contributed by atoms with Gasteiger partial charge in [-0.25, -0.2) is 4.98 Å². The normalized spacial score (nSPS) is 16.1. The van der Waals surface area contributed by atoms with E-state index in [0.717, 1.165) is 36.9 Å². The van der Waals surface area contributed by atoms with Gasteiger partial charge in [-0.2, -0.15) is 0 Å². The first kappa shape index (κ1) is 14.2. The number of thiophene rings is 1. The van der Waals surface area contributed by atoms with Crippen LogP contribution in [-0.2, 0) is 0 Å². The lowest BCUT2D eigenvalue weighted by Gasteiger charge is -2.34. The van der Waals surface area contributed by atoms with E-state index < -0.39 is 0 Å². The van der Waals surface area contributed by atoms with Crippen LogP contribution in [0.25, 0.3) is 0 Å². The molecule has 5 heteroatoms. The Bertz CT molecular complexity index is 603. The highest BCUT2D eigenvalue weighted by Crippen LogP contribution is 2.17. The first-order valence-corrected chi connectivity index (χ1v) is 8.02. The van der Waals surface area contributed by atoms with Gasteiger partial charge >= 0.3 is 0 Å². The van der Waals surface area contributed by atoms with E-state index in [-0.39, 0.29) is 5.78 Å². The number of piperazine rings is 1. The monoisotopic (exact) mass is 301 g/mol. The minimum absolute atomic E-state index is 0.236. The summed E-state index contributed by atoms with van der Waals surface area (Å²) >= 11 is 1.59. The number of hydrogen-bond donors (Lipinski definition) is 0. The van der Waals surface area contributed by atoms with Crippen molar-refractivity contribution in [3.05, 3.63) is 46.3 Å². The van der Waals surface area contributed by atoms with Gasteiger partial charge in [0.15, 0.2) is 5.78 Å². The van der Waals surface area contributed by atoms with Gasteiger partial charge in [0.2, 0.25) is 0 Å². The molecule has 3 rings (SSSR count). The number of nitrogens with zero attached hydrogens (tertiary/aromatic N) is 3. The van der Waals surface area contributed by atoms with Crippen LogP contribution in [0.5, 0.6) is 0 Å². The van der Waals surface area contributed by atoms with Crippen LogP contribution >= 0.6 is 11.3 Å². The van der Waals surface area contributed by atoms with Gasteiger partial charge in [0.05, 0.1) is 11.4 Å². The van der Waals surface area contributed by atoms with E-state index in [2.05, 4.69) is 14.8 Å². The van der Waals surface area contributed by atoms with E-state index in [4.69, 9.17) is 0 Å². The van der Waals surface area contributed by atoms with Gasteiger partial charge in [0, 0.05) is 37.3 Å². The molecule has 0 bridgehead atoms. The number of ketones is 1. The highest BCUT2D eigenvalue weighted by Gasteiger charge is 2.20. The Morgan fingerprint density at radius 2 is 2.00 bits per heavy atom. The standard InChI is InChI=1S/C16H19N3OS/c1-13-5-6-15(21-13)14(20)12-18-8-10-19(11-9-18)16-4-2-3-7-17-16/h2-7H,8-12H2,1H3. The molecule has 0 aliphatic carbocycles. The summed E-state index contributed by atoms with van der Waals surface area (Å²) in [6.45, 7) is 6.23. The minimum Gasteiger partial charge on any atom is -0.354 e. The van der Waals surface area contributed by atoms with Crippen molar-refractivity contribution >= 4 is 22.9 Å². The van der Waals surface area contributed by atoms with Crippen LogP contribution in [0.15, 0.2) is 36.5 Å². The highest BCUT2D eigenvalue weighted by atomic mass is 32.1. The number of carbonyl (C=O) groups excluding carboxylic acids is 1. The van der Waals surface area contributed by atoms with Crippen molar-refractivity contribution in [3.63, 3.8) is 0 Å². The molecule has 0 N–H and O–H groups in total. The molecule has 2 aromatic heterocycles. The van der Waals surface area contributed by atoms with Gasteiger partial charge in [0.1, 0.15) is 5.82 Å². The average molecular weight is 301 g/mol. The van der Waals surface area contributed by atoms with Crippen LogP contribution in [-0.4, -0.2) is 48.4 Å². The number of Topliss-reactive ketones (excluding diaryl/α,β-unsaturated/α-hetero) is 1. The van der Waals surface area contributed by atoms with E-state index in [9.17, 15) is 4.79 Å². The third-order valence-corrected chi connectivity index (χ3v) is 4.77. The molecule has 0 amide bonds. The minimum atomic E-state index is 0.236. The van der Waals surface area contributed by atoms with Crippen molar-refractivity contribution in [2.45, 2.75) is 6.92 Å². The Hall–Kier alpha value is -1.72. The number of carbonyl (C=O) groups is 1. The SMILES string of the molecule is Cc1ccc(C(=O)CN2CCN(c3ccccn3)CC2)s1. The molecule has 1 saturated heterocycles. The number of anilines is 1. The molecule has 1 aliphatic heterocycles. The molecule has 110 valence electrons. The summed E-state index contributed by atoms with van der Waals surface area (Å²) in [5.74, 6) is 1.26. The smallest absolute Gasteiger partial charge is 0.186 e. The van der Waals surface area contributed by atoms with E-state index in [0.29, 0.717) is 6.54 Å². The number of aryl methyl sites for hydroxylation is 1. The Kier molecular flexibility index (Phi) is 4.31. The summed E-state index contributed by atoms with van der Waals surface area (Å²) < 4.78 is 0. The van der Waals surface area contributed by atoms with Crippen LogP contribution in [0.4, 0.5) is 5.82 Å². The second-order valence-corrected chi connectivity index (χ2v) is 6.57. The summed E-state index contributed by atoms with van der Waals surface area (Å²) in [7, 11) is 0. The fourth-order valence-corrected chi connectivity index (χ4v) is 3.34. The fraction of sp³-hybridized carbons (Fsp3) is 0.375. The Morgan fingerprint density at radius 3 is 2.62 bits per heavy atom. The van der Waals surface area contributed by atoms with Crippen molar-refractivity contribution < 1.29 is 4.79 Å². The molecule has 21 heavy (non-hydrogen) atoms. The van der Waals surface area contributed by atoms with Crippen LogP contribution in [0.2, 0.25) is 0 Å². The zero-order valence-corrected chi connectivity index (χ0v) is 13.0. The maximum Gasteiger partial charge on any atom is 0.186 e. The van der Waals surface area contributed by atoms with Gasteiger partial charge in [-0.3, -0.25) is 9.69 Å². The maximum absolute atomic E-state index is 12.2. The van der Waals surface area contributed by atoms with E-state index in [1.54, 1.807) is 11.3 Å². The molecule has 2 aromatic rings. The molecule has 0 saturated carbocycles. The molecule has 0 spiro atoms. The second kappa shape index (κ2) is 6.37.